The van der Waals surface area contributed by atoms with E-state index in [1.54, 1.807) is 6.92 Å². The van der Waals surface area contributed by atoms with Crippen molar-refractivity contribution < 1.29 is 4.79 Å². The molecule has 0 N–H and O–H groups in total. The summed E-state index contributed by atoms with van der Waals surface area (Å²) in [4.78, 5) is 11.1. The minimum absolute atomic E-state index is 0.0626. The molecule has 2 unspecified atom stereocenters. The van der Waals surface area contributed by atoms with Gasteiger partial charge in [0.1, 0.15) is 5.78 Å². The summed E-state index contributed by atoms with van der Waals surface area (Å²) in [6.07, 6.45) is 0.782. The second kappa shape index (κ2) is 4.41. The van der Waals surface area contributed by atoms with Crippen LogP contribution in [0.3, 0.4) is 0 Å². The maximum atomic E-state index is 11.1. The van der Waals surface area contributed by atoms with Gasteiger partial charge in [0, 0.05) is 5.92 Å². The summed E-state index contributed by atoms with van der Waals surface area (Å²) >= 11 is 0. The Bertz CT molecular complexity index is 225. The van der Waals surface area contributed by atoms with Gasteiger partial charge >= 0.3 is 0 Å². The predicted octanol–water partition coefficient (Wildman–Crippen LogP) is 2.79. The average Bonchev–Trinajstić information content (AvgIpc) is 2.02. The zero-order chi connectivity index (χ0) is 10.6. The van der Waals surface area contributed by atoms with Crippen LogP contribution in [0.25, 0.3) is 0 Å². The third kappa shape index (κ3) is 4.07. The van der Waals surface area contributed by atoms with Crippen LogP contribution in [0.15, 0.2) is 0 Å². The van der Waals surface area contributed by atoms with Gasteiger partial charge in [0.05, 0.1) is 11.5 Å². The van der Waals surface area contributed by atoms with E-state index in [0.717, 1.165) is 6.42 Å². The van der Waals surface area contributed by atoms with Crippen molar-refractivity contribution in [1.82, 2.24) is 0 Å². The lowest BCUT2D eigenvalue weighted by atomic mass is 9.79. The minimum atomic E-state index is -0.316. The molecule has 0 aromatic rings. The molecule has 0 saturated carbocycles. The molecule has 0 fully saturated rings. The van der Waals surface area contributed by atoms with Gasteiger partial charge < -0.3 is 0 Å². The molecule has 0 aromatic carbocycles. The fraction of sp³-hybridized carbons (Fsp3) is 0.818. The van der Waals surface area contributed by atoms with E-state index in [4.69, 9.17) is 5.26 Å². The largest absolute Gasteiger partial charge is 0.300 e. The van der Waals surface area contributed by atoms with Crippen LogP contribution in [-0.4, -0.2) is 5.78 Å². The van der Waals surface area contributed by atoms with E-state index in [1.165, 1.54) is 0 Å². The van der Waals surface area contributed by atoms with Crippen LogP contribution in [0.2, 0.25) is 0 Å². The highest BCUT2D eigenvalue weighted by Crippen LogP contribution is 2.28. The Labute approximate surface area is 80.9 Å². The summed E-state index contributed by atoms with van der Waals surface area (Å²) in [5.74, 6) is 0.556. The van der Waals surface area contributed by atoms with Gasteiger partial charge in [-0.05, 0) is 33.1 Å². The first-order valence-corrected chi connectivity index (χ1v) is 4.72. The lowest BCUT2D eigenvalue weighted by Gasteiger charge is -2.24. The van der Waals surface area contributed by atoms with Gasteiger partial charge in [-0.15, -0.1) is 0 Å². The molecule has 0 bridgehead atoms. The molecular formula is C11H19NO. The van der Waals surface area contributed by atoms with Crippen LogP contribution < -0.4 is 0 Å². The normalized spacial score (nSPS) is 16.0. The molecule has 2 nitrogen and oxygen atoms in total. The van der Waals surface area contributed by atoms with Crippen LogP contribution in [0.4, 0.5) is 0 Å². The summed E-state index contributed by atoms with van der Waals surface area (Å²) in [6, 6.07) is 2.25. The van der Waals surface area contributed by atoms with Gasteiger partial charge in [0.2, 0.25) is 0 Å². The quantitative estimate of drug-likeness (QED) is 0.669. The Hall–Kier alpha value is -0.840. The lowest BCUT2D eigenvalue weighted by molar-refractivity contribution is -0.121. The number of hydrogen-bond acceptors (Lipinski definition) is 2. The number of carbonyl (C=O) groups excluding carboxylic acids is 1. The summed E-state index contributed by atoms with van der Waals surface area (Å²) in [5, 5.41) is 8.83. The zero-order valence-electron chi connectivity index (χ0n) is 9.22. The third-order valence-corrected chi connectivity index (χ3v) is 2.63. The molecule has 2 heteroatoms. The molecule has 0 heterocycles. The molecule has 0 saturated heterocycles. The molecule has 0 spiro atoms. The fourth-order valence-electron chi connectivity index (χ4n) is 1.43. The van der Waals surface area contributed by atoms with Gasteiger partial charge in [-0.3, -0.25) is 4.79 Å². The predicted molar refractivity (Wildman–Crippen MR) is 53.0 cm³/mol. The molecule has 0 aliphatic heterocycles. The van der Waals surface area contributed by atoms with Crippen molar-refractivity contribution in [3.63, 3.8) is 0 Å². The van der Waals surface area contributed by atoms with Crippen LogP contribution in [0.5, 0.6) is 0 Å². The molecule has 0 aromatic heterocycles. The molecule has 2 atom stereocenters. The van der Waals surface area contributed by atoms with E-state index in [-0.39, 0.29) is 23.0 Å². The monoisotopic (exact) mass is 181 g/mol. The number of ketones is 1. The smallest absolute Gasteiger partial charge is 0.132 e. The van der Waals surface area contributed by atoms with E-state index in [2.05, 4.69) is 6.07 Å². The summed E-state index contributed by atoms with van der Waals surface area (Å²) in [6.45, 7) is 9.40. The van der Waals surface area contributed by atoms with Gasteiger partial charge in [0.25, 0.3) is 0 Å². The van der Waals surface area contributed by atoms with Crippen LogP contribution in [-0.2, 0) is 4.79 Å². The van der Waals surface area contributed by atoms with Crippen molar-refractivity contribution in [2.75, 3.05) is 0 Å². The Morgan fingerprint density at radius 2 is 1.92 bits per heavy atom. The second-order valence-corrected chi connectivity index (χ2v) is 4.58. The van der Waals surface area contributed by atoms with Gasteiger partial charge in [0.15, 0.2) is 0 Å². The first kappa shape index (κ1) is 12.2. The van der Waals surface area contributed by atoms with Gasteiger partial charge in [-0.25, -0.2) is 0 Å². The van der Waals surface area contributed by atoms with Crippen molar-refractivity contribution in [2.45, 2.75) is 41.0 Å². The Morgan fingerprint density at radius 3 is 2.23 bits per heavy atom. The van der Waals surface area contributed by atoms with E-state index in [9.17, 15) is 4.79 Å². The topological polar surface area (TPSA) is 40.9 Å². The molecule has 0 aliphatic rings. The third-order valence-electron chi connectivity index (χ3n) is 2.63. The highest BCUT2D eigenvalue weighted by atomic mass is 16.1. The number of nitrogens with zero attached hydrogens (tertiary/aromatic N) is 1. The van der Waals surface area contributed by atoms with E-state index >= 15 is 0 Å². The van der Waals surface area contributed by atoms with Crippen LogP contribution in [0.1, 0.15) is 41.0 Å². The summed E-state index contributed by atoms with van der Waals surface area (Å²) in [5.41, 5.74) is -0.316. The van der Waals surface area contributed by atoms with Gasteiger partial charge in [-0.2, -0.15) is 5.26 Å². The maximum Gasteiger partial charge on any atom is 0.132 e. The van der Waals surface area contributed by atoms with Crippen LogP contribution in [0, 0.1) is 28.6 Å². The number of carbonyl (C=O) groups is 1. The number of nitriles is 1. The number of rotatable bonds is 4. The molecule has 0 radical (unpaired) electrons. The minimum Gasteiger partial charge on any atom is -0.300 e. The molecule has 0 amide bonds. The highest BCUT2D eigenvalue weighted by Gasteiger charge is 2.25. The summed E-state index contributed by atoms with van der Waals surface area (Å²) < 4.78 is 0. The maximum absolute atomic E-state index is 11.1. The highest BCUT2D eigenvalue weighted by molar-refractivity contribution is 5.78. The Morgan fingerprint density at radius 1 is 1.46 bits per heavy atom. The van der Waals surface area contributed by atoms with Crippen molar-refractivity contribution in [2.24, 2.45) is 17.3 Å². The van der Waals surface area contributed by atoms with E-state index in [0.29, 0.717) is 0 Å². The molecule has 13 heavy (non-hydrogen) atoms. The summed E-state index contributed by atoms with van der Waals surface area (Å²) in [7, 11) is 0. The standard InChI is InChI=1S/C11H19NO/c1-8(9(2)10(3)13)6-11(4,5)7-12/h8-9H,6H2,1-5H3. The SMILES string of the molecule is CC(=O)C(C)C(C)CC(C)(C)C#N. The molecule has 0 rings (SSSR count). The van der Waals surface area contributed by atoms with E-state index < -0.39 is 0 Å². The van der Waals surface area contributed by atoms with E-state index in [1.807, 2.05) is 27.7 Å². The van der Waals surface area contributed by atoms with Crippen molar-refractivity contribution in [3.8, 4) is 6.07 Å². The first-order chi connectivity index (χ1) is 5.80. The lowest BCUT2D eigenvalue weighted by Crippen LogP contribution is -2.22. The fourth-order valence-corrected chi connectivity index (χ4v) is 1.43. The molecule has 0 aliphatic carbocycles. The van der Waals surface area contributed by atoms with Crippen LogP contribution >= 0.6 is 0 Å². The number of hydrogen-bond donors (Lipinski definition) is 0. The van der Waals surface area contributed by atoms with Gasteiger partial charge in [-0.1, -0.05) is 13.8 Å². The van der Waals surface area contributed by atoms with Crippen molar-refractivity contribution in [3.05, 3.63) is 0 Å². The van der Waals surface area contributed by atoms with Crippen molar-refractivity contribution >= 4 is 5.78 Å². The second-order valence-electron chi connectivity index (χ2n) is 4.58. The first-order valence-electron chi connectivity index (χ1n) is 4.72. The Balaban J connectivity index is 4.24. The number of Topliss-reactive ketones (excluding diaryl/α,β-unsaturated/α-hetero) is 1. The molecule has 74 valence electrons. The van der Waals surface area contributed by atoms with Crippen molar-refractivity contribution in [1.29, 1.82) is 5.26 Å². The molecular weight excluding hydrogens is 162 g/mol. The zero-order valence-corrected chi connectivity index (χ0v) is 9.22. The average molecular weight is 181 g/mol. The Kier molecular flexibility index (Phi) is 4.13.